The second-order valence-electron chi connectivity index (χ2n) is 5.79. The molecule has 0 aliphatic heterocycles. The number of rotatable bonds is 9. The lowest BCUT2D eigenvalue weighted by molar-refractivity contribution is -0.153. The molecule has 0 aliphatic rings. The fraction of sp³-hybridized carbons (Fsp3) is 0.263. The van der Waals surface area contributed by atoms with Crippen LogP contribution in [0.5, 0.6) is 11.5 Å². The first-order valence-corrected chi connectivity index (χ1v) is 8.22. The van der Waals surface area contributed by atoms with Gasteiger partial charge in [0.05, 0.1) is 0 Å². The van der Waals surface area contributed by atoms with Crippen molar-refractivity contribution in [3.63, 3.8) is 0 Å². The van der Waals surface area contributed by atoms with Gasteiger partial charge in [-0.3, -0.25) is 4.79 Å². The van der Waals surface area contributed by atoms with Crippen LogP contribution >= 0.6 is 0 Å². The number of halogens is 3. The zero-order chi connectivity index (χ0) is 20.6. The molecule has 0 aromatic heterocycles. The third kappa shape index (κ3) is 7.18. The molecule has 150 valence electrons. The summed E-state index contributed by atoms with van der Waals surface area (Å²) in [6, 6.07) is 13.1. The van der Waals surface area contributed by atoms with Crippen LogP contribution in [0.1, 0.15) is 5.56 Å². The van der Waals surface area contributed by atoms with Crippen LogP contribution in [0.4, 0.5) is 13.2 Å². The number of para-hydroxylation sites is 2. The second kappa shape index (κ2) is 9.63. The maximum absolute atomic E-state index is 12.3. The van der Waals surface area contributed by atoms with Gasteiger partial charge in [0.25, 0.3) is 5.91 Å². The number of benzene rings is 2. The first-order chi connectivity index (χ1) is 13.2. The highest BCUT2D eigenvalue weighted by Crippen LogP contribution is 2.28. The molecule has 0 fully saturated rings. The summed E-state index contributed by atoms with van der Waals surface area (Å²) < 4.78 is 46.8. The Bertz CT molecular complexity index is 796. The van der Waals surface area contributed by atoms with Crippen molar-refractivity contribution in [2.75, 3.05) is 13.2 Å². The minimum Gasteiger partial charge on any atom is -0.480 e. The molecule has 28 heavy (non-hydrogen) atoms. The minimum absolute atomic E-state index is 0.0585. The molecule has 1 unspecified atom stereocenters. The van der Waals surface area contributed by atoms with Crippen LogP contribution in [-0.4, -0.2) is 42.4 Å². The number of carbonyl (C=O) groups excluding carboxylic acids is 1. The Kier molecular flexibility index (Phi) is 7.25. The molecule has 0 heterocycles. The number of hydrogen-bond donors (Lipinski definition) is 2. The summed E-state index contributed by atoms with van der Waals surface area (Å²) in [6.45, 7) is -2.08. The highest BCUT2D eigenvalue weighted by molar-refractivity contribution is 5.84. The lowest BCUT2D eigenvalue weighted by Crippen LogP contribution is -2.44. The Morgan fingerprint density at radius 1 is 0.964 bits per heavy atom. The van der Waals surface area contributed by atoms with E-state index in [-0.39, 0.29) is 17.9 Å². The summed E-state index contributed by atoms with van der Waals surface area (Å²) in [5.41, 5.74) is 0.724. The Morgan fingerprint density at radius 3 is 2.11 bits per heavy atom. The van der Waals surface area contributed by atoms with E-state index in [2.05, 4.69) is 10.1 Å². The third-order valence-corrected chi connectivity index (χ3v) is 3.52. The minimum atomic E-state index is -4.52. The topological polar surface area (TPSA) is 84.9 Å². The summed E-state index contributed by atoms with van der Waals surface area (Å²) >= 11 is 0. The third-order valence-electron chi connectivity index (χ3n) is 3.52. The van der Waals surface area contributed by atoms with Crippen molar-refractivity contribution in [1.82, 2.24) is 5.32 Å². The predicted octanol–water partition coefficient (Wildman–Crippen LogP) is 2.82. The molecule has 0 radical (unpaired) electrons. The number of nitrogens with one attached hydrogen (secondary N) is 1. The first-order valence-electron chi connectivity index (χ1n) is 8.22. The zero-order valence-electron chi connectivity index (χ0n) is 14.6. The normalized spacial score (nSPS) is 12.1. The van der Waals surface area contributed by atoms with Gasteiger partial charge in [0.1, 0.15) is 6.04 Å². The highest BCUT2D eigenvalue weighted by Gasteiger charge is 2.29. The monoisotopic (exact) mass is 397 g/mol. The Labute approximate surface area is 158 Å². The number of aliphatic carboxylic acids is 1. The quantitative estimate of drug-likeness (QED) is 0.680. The molecule has 0 spiro atoms. The summed E-state index contributed by atoms with van der Waals surface area (Å²) in [7, 11) is 0. The average molecular weight is 397 g/mol. The highest BCUT2D eigenvalue weighted by atomic mass is 19.4. The SMILES string of the molecule is O=C(COc1ccccc1OCC(F)(F)F)NC(Cc1ccccc1)C(=O)O. The average Bonchev–Trinajstić information content (AvgIpc) is 2.65. The van der Waals surface area contributed by atoms with Gasteiger partial charge in [-0.2, -0.15) is 13.2 Å². The van der Waals surface area contributed by atoms with E-state index in [1.54, 1.807) is 30.3 Å². The van der Waals surface area contributed by atoms with Crippen LogP contribution in [0.25, 0.3) is 0 Å². The summed E-state index contributed by atoms with van der Waals surface area (Å²) in [6.07, 6.45) is -4.44. The molecule has 0 saturated heterocycles. The van der Waals surface area contributed by atoms with Gasteiger partial charge in [0, 0.05) is 6.42 Å². The molecule has 1 amide bonds. The van der Waals surface area contributed by atoms with Crippen LogP contribution in [-0.2, 0) is 16.0 Å². The Morgan fingerprint density at radius 2 is 1.54 bits per heavy atom. The largest absolute Gasteiger partial charge is 0.480 e. The fourth-order valence-electron chi connectivity index (χ4n) is 2.28. The summed E-state index contributed by atoms with van der Waals surface area (Å²) in [4.78, 5) is 23.4. The van der Waals surface area contributed by atoms with E-state index in [9.17, 15) is 27.9 Å². The van der Waals surface area contributed by atoms with Crippen LogP contribution < -0.4 is 14.8 Å². The van der Waals surface area contributed by atoms with Gasteiger partial charge in [-0.25, -0.2) is 4.79 Å². The standard InChI is InChI=1S/C19H18F3NO5/c20-19(21,22)12-28-16-9-5-4-8-15(16)27-11-17(24)23-14(18(25)26)10-13-6-2-1-3-7-13/h1-9,14H,10-12H2,(H,23,24)(H,25,26). The van der Waals surface area contributed by atoms with Gasteiger partial charge in [0.2, 0.25) is 0 Å². The molecule has 0 bridgehead atoms. The van der Waals surface area contributed by atoms with Gasteiger partial charge in [0.15, 0.2) is 24.7 Å². The number of carbonyl (C=O) groups is 2. The van der Waals surface area contributed by atoms with Crippen LogP contribution in [0.2, 0.25) is 0 Å². The van der Waals surface area contributed by atoms with Gasteiger partial charge < -0.3 is 19.9 Å². The van der Waals surface area contributed by atoms with E-state index >= 15 is 0 Å². The molecule has 2 N–H and O–H groups in total. The second-order valence-corrected chi connectivity index (χ2v) is 5.79. The lowest BCUT2D eigenvalue weighted by atomic mass is 10.1. The molecule has 1 atom stereocenters. The molecular formula is C19H18F3NO5. The number of carboxylic acids is 1. The van der Waals surface area contributed by atoms with E-state index in [4.69, 9.17) is 4.74 Å². The molecular weight excluding hydrogens is 379 g/mol. The van der Waals surface area contributed by atoms with Crippen molar-refractivity contribution < 1.29 is 37.3 Å². The van der Waals surface area contributed by atoms with Crippen molar-refractivity contribution >= 4 is 11.9 Å². The van der Waals surface area contributed by atoms with Gasteiger partial charge >= 0.3 is 12.1 Å². The van der Waals surface area contributed by atoms with Crippen molar-refractivity contribution in [2.24, 2.45) is 0 Å². The zero-order valence-corrected chi connectivity index (χ0v) is 14.6. The number of ether oxygens (including phenoxy) is 2. The van der Waals surface area contributed by atoms with E-state index < -0.39 is 37.3 Å². The fourth-order valence-corrected chi connectivity index (χ4v) is 2.28. The van der Waals surface area contributed by atoms with E-state index in [0.717, 1.165) is 5.56 Å². The van der Waals surface area contributed by atoms with Crippen molar-refractivity contribution in [1.29, 1.82) is 0 Å². The van der Waals surface area contributed by atoms with Crippen molar-refractivity contribution in [3.05, 3.63) is 60.2 Å². The number of alkyl halides is 3. The Balaban J connectivity index is 1.93. The summed E-state index contributed by atoms with van der Waals surface area (Å²) in [5.74, 6) is -2.18. The molecule has 2 rings (SSSR count). The number of carboxylic acid groups (broad SMARTS) is 1. The van der Waals surface area contributed by atoms with Gasteiger partial charge in [-0.1, -0.05) is 42.5 Å². The maximum atomic E-state index is 12.3. The van der Waals surface area contributed by atoms with Crippen LogP contribution in [0.3, 0.4) is 0 Å². The van der Waals surface area contributed by atoms with Crippen LogP contribution in [0, 0.1) is 0 Å². The van der Waals surface area contributed by atoms with Crippen LogP contribution in [0.15, 0.2) is 54.6 Å². The maximum Gasteiger partial charge on any atom is 0.422 e. The molecule has 0 aliphatic carbocycles. The lowest BCUT2D eigenvalue weighted by Gasteiger charge is -2.16. The number of amides is 1. The van der Waals surface area contributed by atoms with Crippen molar-refractivity contribution in [3.8, 4) is 11.5 Å². The predicted molar refractivity (Wildman–Crippen MR) is 93.2 cm³/mol. The van der Waals surface area contributed by atoms with Crippen molar-refractivity contribution in [2.45, 2.75) is 18.6 Å². The van der Waals surface area contributed by atoms with E-state index in [1.165, 1.54) is 24.3 Å². The molecule has 9 heteroatoms. The Hall–Kier alpha value is -3.23. The number of hydrogen-bond acceptors (Lipinski definition) is 4. The summed E-state index contributed by atoms with van der Waals surface area (Å²) in [5, 5.41) is 11.6. The first kappa shape index (κ1) is 21.1. The molecule has 2 aromatic rings. The van der Waals surface area contributed by atoms with Gasteiger partial charge in [-0.05, 0) is 17.7 Å². The van der Waals surface area contributed by atoms with E-state index in [0.29, 0.717) is 0 Å². The smallest absolute Gasteiger partial charge is 0.422 e. The van der Waals surface area contributed by atoms with Gasteiger partial charge in [-0.15, -0.1) is 0 Å². The molecule has 6 nitrogen and oxygen atoms in total. The molecule has 0 saturated carbocycles. The van der Waals surface area contributed by atoms with E-state index in [1.807, 2.05) is 0 Å². The molecule has 2 aromatic carbocycles.